The molecule has 2 N–H and O–H groups in total. The van der Waals surface area contributed by atoms with Gasteiger partial charge in [0.15, 0.2) is 5.69 Å². The average molecular weight is 371 g/mol. The molecule has 0 saturated heterocycles. The molecule has 0 amide bonds. The Bertz CT molecular complexity index is 919. The van der Waals surface area contributed by atoms with Crippen LogP contribution >= 0.6 is 0 Å². The number of quaternary nitrogens is 1. The highest BCUT2D eigenvalue weighted by Gasteiger charge is 2.46. The topological polar surface area (TPSA) is 69.4 Å². The zero-order valence-electron chi connectivity index (χ0n) is 14.7. The van der Waals surface area contributed by atoms with Crippen LogP contribution in [0.5, 0.6) is 11.5 Å². The molecule has 2 aromatic carbocycles. The molecule has 6 heteroatoms. The summed E-state index contributed by atoms with van der Waals surface area (Å²) in [5, 5.41) is 0. The Hall–Kier alpha value is -2.41. The molecule has 1 unspecified atom stereocenters. The van der Waals surface area contributed by atoms with E-state index in [9.17, 15) is 8.42 Å². The van der Waals surface area contributed by atoms with Crippen molar-refractivity contribution in [2.24, 2.45) is 5.73 Å². The maximum atomic E-state index is 13.0. The molecule has 5 nitrogen and oxygen atoms in total. The first-order valence-corrected chi connectivity index (χ1v) is 10.1. The predicted octanol–water partition coefficient (Wildman–Crippen LogP) is 3.55. The quantitative estimate of drug-likeness (QED) is 0.789. The van der Waals surface area contributed by atoms with Crippen LogP contribution in [0, 0.1) is 0 Å². The van der Waals surface area contributed by atoms with Crippen LogP contribution in [-0.4, -0.2) is 27.3 Å². The second-order valence-electron chi connectivity index (χ2n) is 5.99. The van der Waals surface area contributed by atoms with Gasteiger partial charge in [-0.3, -0.25) is 0 Å². The number of hydrogen-bond acceptors (Lipinski definition) is 4. The van der Waals surface area contributed by atoms with Crippen molar-refractivity contribution in [3.63, 3.8) is 0 Å². The third-order valence-electron chi connectivity index (χ3n) is 4.53. The van der Waals surface area contributed by atoms with Gasteiger partial charge in [0.25, 0.3) is 0 Å². The van der Waals surface area contributed by atoms with Crippen molar-refractivity contribution in [2.75, 3.05) is 18.8 Å². The summed E-state index contributed by atoms with van der Waals surface area (Å²) < 4.78 is 31.6. The minimum Gasteiger partial charge on any atom is -0.457 e. The molecule has 0 aliphatic carbocycles. The summed E-state index contributed by atoms with van der Waals surface area (Å²) >= 11 is 0. The molecule has 1 aliphatic rings. The molecule has 0 bridgehead atoms. The van der Waals surface area contributed by atoms with E-state index in [1.165, 1.54) is 0 Å². The van der Waals surface area contributed by atoms with Crippen molar-refractivity contribution < 1.29 is 13.2 Å². The van der Waals surface area contributed by atoms with E-state index in [1.807, 2.05) is 42.5 Å². The lowest BCUT2D eigenvalue weighted by molar-refractivity contribution is 0.476. The Kier molecular flexibility index (Phi) is 5.27. The highest BCUT2D eigenvalue weighted by molar-refractivity contribution is 7.91. The molecule has 0 aromatic heterocycles. The lowest BCUT2D eigenvalue weighted by Gasteiger charge is -2.37. The van der Waals surface area contributed by atoms with Crippen LogP contribution < -0.4 is 14.4 Å². The van der Waals surface area contributed by atoms with Gasteiger partial charge in [0, 0.05) is 12.1 Å². The SMILES string of the molecule is CCS(=O)(=O)[N+]1(c2ccc(Oc3ccccc3)cc2)CC=CC=C1CN. The molecule has 0 fully saturated rings. The van der Waals surface area contributed by atoms with Crippen molar-refractivity contribution in [2.45, 2.75) is 6.92 Å². The lowest BCUT2D eigenvalue weighted by Crippen LogP contribution is -2.56. The van der Waals surface area contributed by atoms with Gasteiger partial charge in [0.1, 0.15) is 23.7 Å². The molecule has 0 saturated carbocycles. The number of hydrogen-bond donors (Lipinski definition) is 1. The van der Waals surface area contributed by atoms with Gasteiger partial charge < -0.3 is 10.5 Å². The van der Waals surface area contributed by atoms with Gasteiger partial charge in [-0.05, 0) is 43.3 Å². The molecule has 26 heavy (non-hydrogen) atoms. The van der Waals surface area contributed by atoms with Gasteiger partial charge in [-0.1, -0.05) is 24.3 Å². The van der Waals surface area contributed by atoms with Crippen molar-refractivity contribution in [3.05, 3.63) is 78.5 Å². The summed E-state index contributed by atoms with van der Waals surface area (Å²) in [6.07, 6.45) is 5.52. The Morgan fingerprint density at radius 1 is 1.04 bits per heavy atom. The minimum atomic E-state index is -3.47. The number of rotatable bonds is 6. The first-order chi connectivity index (χ1) is 12.5. The van der Waals surface area contributed by atoms with Gasteiger partial charge in [-0.15, -0.1) is 0 Å². The van der Waals surface area contributed by atoms with Crippen molar-refractivity contribution in [1.82, 2.24) is 3.89 Å². The molecular formula is C20H23N2O3S+. The second kappa shape index (κ2) is 7.45. The summed E-state index contributed by atoms with van der Waals surface area (Å²) in [4.78, 5) is 0. The Labute approximate surface area is 154 Å². The van der Waals surface area contributed by atoms with Crippen molar-refractivity contribution in [1.29, 1.82) is 0 Å². The molecule has 0 spiro atoms. The molecule has 3 rings (SSSR count). The van der Waals surface area contributed by atoms with E-state index in [4.69, 9.17) is 10.5 Å². The maximum Gasteiger partial charge on any atom is 0.306 e. The first kappa shape index (κ1) is 18.4. The Balaban J connectivity index is 2.01. The second-order valence-corrected chi connectivity index (χ2v) is 8.36. The molecule has 136 valence electrons. The number of nitrogens with two attached hydrogens (primary N) is 1. The summed E-state index contributed by atoms with van der Waals surface area (Å²) in [5.74, 6) is 1.41. The third-order valence-corrected chi connectivity index (χ3v) is 6.81. The number of nitrogens with zero attached hydrogens (tertiary/aromatic N) is 1. The number of benzene rings is 2. The third kappa shape index (κ3) is 3.19. The van der Waals surface area contributed by atoms with Crippen LogP contribution in [0.15, 0.2) is 78.5 Å². The van der Waals surface area contributed by atoms with E-state index in [0.29, 0.717) is 23.7 Å². The van der Waals surface area contributed by atoms with Gasteiger partial charge in [0.05, 0.1) is 12.3 Å². The number of ether oxygens (including phenoxy) is 1. The Morgan fingerprint density at radius 3 is 2.31 bits per heavy atom. The van der Waals surface area contributed by atoms with E-state index in [0.717, 1.165) is 5.75 Å². The summed E-state index contributed by atoms with van der Waals surface area (Å²) in [5.41, 5.74) is 7.21. The summed E-state index contributed by atoms with van der Waals surface area (Å²) in [7, 11) is -3.47. The fraction of sp³-hybridized carbons (Fsp3) is 0.200. The van der Waals surface area contributed by atoms with Crippen LogP contribution in [0.4, 0.5) is 5.69 Å². The van der Waals surface area contributed by atoms with Crippen LogP contribution in [0.1, 0.15) is 6.92 Å². The molecule has 1 aliphatic heterocycles. The molecule has 2 aromatic rings. The fourth-order valence-electron chi connectivity index (χ4n) is 3.17. The van der Waals surface area contributed by atoms with Crippen molar-refractivity contribution >= 4 is 15.7 Å². The zero-order chi connectivity index (χ0) is 18.6. The van der Waals surface area contributed by atoms with Gasteiger partial charge in [-0.25, -0.2) is 0 Å². The van der Waals surface area contributed by atoms with E-state index >= 15 is 0 Å². The standard InChI is InChI=1S/C20H23N2O3S/c1-2-26(23,24)22(15-7-6-8-18(22)16-21)17-11-13-20(14-12-17)25-19-9-4-3-5-10-19/h3-14H,2,15-16,21H2,1H3/q+1. The van der Waals surface area contributed by atoms with Crippen molar-refractivity contribution in [3.8, 4) is 11.5 Å². The normalized spacial score (nSPS) is 19.8. The van der Waals surface area contributed by atoms with E-state index in [2.05, 4.69) is 0 Å². The number of allylic oxidation sites excluding steroid dienone is 2. The zero-order valence-corrected chi connectivity index (χ0v) is 15.5. The van der Waals surface area contributed by atoms with Gasteiger partial charge in [-0.2, -0.15) is 12.3 Å². The van der Waals surface area contributed by atoms with E-state index in [-0.39, 0.29) is 16.2 Å². The Morgan fingerprint density at radius 2 is 1.69 bits per heavy atom. The molecule has 1 atom stereocenters. The highest BCUT2D eigenvalue weighted by Crippen LogP contribution is 2.37. The van der Waals surface area contributed by atoms with E-state index < -0.39 is 10.0 Å². The minimum absolute atomic E-state index is 0.0282. The number of para-hydroxylation sites is 1. The van der Waals surface area contributed by atoms with Crippen LogP contribution in [0.3, 0.4) is 0 Å². The maximum absolute atomic E-state index is 13.0. The largest absolute Gasteiger partial charge is 0.457 e. The number of sulfonamides is 1. The molecule has 1 heterocycles. The van der Waals surface area contributed by atoms with E-state index in [1.54, 1.807) is 37.3 Å². The predicted molar refractivity (Wildman–Crippen MR) is 105 cm³/mol. The lowest BCUT2D eigenvalue weighted by atomic mass is 10.2. The van der Waals surface area contributed by atoms with Gasteiger partial charge in [0.2, 0.25) is 0 Å². The highest BCUT2D eigenvalue weighted by atomic mass is 32.2. The average Bonchev–Trinajstić information content (AvgIpc) is 2.69. The van der Waals surface area contributed by atoms with Crippen LogP contribution in [-0.2, 0) is 10.0 Å². The smallest absolute Gasteiger partial charge is 0.306 e. The monoisotopic (exact) mass is 371 g/mol. The fourth-order valence-corrected chi connectivity index (χ4v) is 4.86. The van der Waals surface area contributed by atoms with Gasteiger partial charge >= 0.3 is 10.0 Å². The van der Waals surface area contributed by atoms with Crippen LogP contribution in [0.25, 0.3) is 0 Å². The summed E-state index contributed by atoms with van der Waals surface area (Å²) in [6, 6.07) is 16.6. The summed E-state index contributed by atoms with van der Waals surface area (Å²) in [6.45, 7) is 2.17. The first-order valence-electron chi connectivity index (χ1n) is 8.54. The molecular weight excluding hydrogens is 348 g/mol. The van der Waals surface area contributed by atoms with Crippen LogP contribution in [0.2, 0.25) is 0 Å². The molecule has 0 radical (unpaired) electrons.